The van der Waals surface area contributed by atoms with Crippen molar-refractivity contribution < 1.29 is 19.0 Å². The van der Waals surface area contributed by atoms with E-state index < -0.39 is 0 Å². The van der Waals surface area contributed by atoms with Gasteiger partial charge in [0.15, 0.2) is 5.78 Å². The number of carbonyl (C=O) groups excluding carboxylic acids is 1. The van der Waals surface area contributed by atoms with Crippen molar-refractivity contribution in [2.24, 2.45) is 0 Å². The van der Waals surface area contributed by atoms with Crippen molar-refractivity contribution in [1.29, 1.82) is 0 Å². The molecule has 4 heteroatoms. The molecule has 0 aliphatic rings. The Kier molecular flexibility index (Phi) is 6.47. The zero-order chi connectivity index (χ0) is 19.8. The molecular formula is C24H22O4. The molecule has 0 unspecified atom stereocenters. The number of hydrogen-bond donors (Lipinski definition) is 0. The van der Waals surface area contributed by atoms with Crippen molar-refractivity contribution in [3.8, 4) is 17.2 Å². The van der Waals surface area contributed by atoms with Gasteiger partial charge in [-0.25, -0.2) is 0 Å². The SMILES string of the molecule is COc1ccc(/C=C/C(=O)c2ccccc2OC)cc1COc1ccccc1. The van der Waals surface area contributed by atoms with Crippen LogP contribution < -0.4 is 14.2 Å². The highest BCUT2D eigenvalue weighted by Crippen LogP contribution is 2.23. The summed E-state index contributed by atoms with van der Waals surface area (Å²) in [5, 5.41) is 0. The highest BCUT2D eigenvalue weighted by Gasteiger charge is 2.09. The number of para-hydroxylation sites is 2. The van der Waals surface area contributed by atoms with Gasteiger partial charge < -0.3 is 14.2 Å². The number of ketones is 1. The topological polar surface area (TPSA) is 44.8 Å². The Labute approximate surface area is 165 Å². The zero-order valence-electron chi connectivity index (χ0n) is 15.9. The van der Waals surface area contributed by atoms with E-state index in [1.165, 1.54) is 0 Å². The fourth-order valence-electron chi connectivity index (χ4n) is 2.80. The first-order valence-electron chi connectivity index (χ1n) is 8.91. The Hall–Kier alpha value is -3.53. The quantitative estimate of drug-likeness (QED) is 0.403. The summed E-state index contributed by atoms with van der Waals surface area (Å²) in [7, 11) is 3.18. The molecule has 3 aromatic carbocycles. The Morgan fingerprint density at radius 2 is 1.57 bits per heavy atom. The summed E-state index contributed by atoms with van der Waals surface area (Å²) in [6, 6.07) is 22.5. The Bertz CT molecular complexity index is 961. The van der Waals surface area contributed by atoms with Crippen molar-refractivity contribution in [3.05, 3.63) is 95.6 Å². The average molecular weight is 374 g/mol. The second-order valence-corrected chi connectivity index (χ2v) is 6.07. The number of allylic oxidation sites excluding steroid dienone is 1. The molecule has 0 amide bonds. The lowest BCUT2D eigenvalue weighted by molar-refractivity contribution is 0.104. The van der Waals surface area contributed by atoms with E-state index in [2.05, 4.69) is 0 Å². The van der Waals surface area contributed by atoms with Crippen LogP contribution in [0.1, 0.15) is 21.5 Å². The lowest BCUT2D eigenvalue weighted by Crippen LogP contribution is -2.00. The van der Waals surface area contributed by atoms with E-state index >= 15 is 0 Å². The van der Waals surface area contributed by atoms with Gasteiger partial charge in [-0.05, 0) is 48.0 Å². The maximum absolute atomic E-state index is 12.5. The Balaban J connectivity index is 1.76. The molecule has 4 nitrogen and oxygen atoms in total. The second-order valence-electron chi connectivity index (χ2n) is 6.07. The molecule has 0 bridgehead atoms. The molecule has 0 radical (unpaired) electrons. The third-order valence-corrected chi connectivity index (χ3v) is 4.24. The summed E-state index contributed by atoms with van der Waals surface area (Å²) in [5.74, 6) is 1.97. The molecule has 0 spiro atoms. The summed E-state index contributed by atoms with van der Waals surface area (Å²) >= 11 is 0. The van der Waals surface area contributed by atoms with Crippen LogP contribution in [0.15, 0.2) is 78.9 Å². The smallest absolute Gasteiger partial charge is 0.189 e. The maximum Gasteiger partial charge on any atom is 0.189 e. The van der Waals surface area contributed by atoms with Crippen molar-refractivity contribution >= 4 is 11.9 Å². The van der Waals surface area contributed by atoms with E-state index in [9.17, 15) is 4.79 Å². The van der Waals surface area contributed by atoms with Crippen LogP contribution in [0, 0.1) is 0 Å². The molecular weight excluding hydrogens is 352 g/mol. The van der Waals surface area contributed by atoms with Crippen LogP contribution in [-0.2, 0) is 6.61 Å². The van der Waals surface area contributed by atoms with E-state index in [0.717, 1.165) is 22.6 Å². The van der Waals surface area contributed by atoms with Crippen LogP contribution in [0.4, 0.5) is 0 Å². The number of hydrogen-bond acceptors (Lipinski definition) is 4. The standard InChI is InChI=1S/C24H22O4/c1-26-23-15-13-18(16-19(23)17-28-20-8-4-3-5-9-20)12-14-22(25)21-10-6-7-11-24(21)27-2/h3-16H,17H2,1-2H3/b14-12+. The second kappa shape index (κ2) is 9.42. The van der Waals surface area contributed by atoms with E-state index in [-0.39, 0.29) is 5.78 Å². The van der Waals surface area contributed by atoms with Gasteiger partial charge in [0.1, 0.15) is 23.9 Å². The van der Waals surface area contributed by atoms with E-state index in [0.29, 0.717) is 17.9 Å². The molecule has 0 N–H and O–H groups in total. The third-order valence-electron chi connectivity index (χ3n) is 4.24. The van der Waals surface area contributed by atoms with Crippen molar-refractivity contribution in [1.82, 2.24) is 0 Å². The molecule has 0 aromatic heterocycles. The molecule has 0 aliphatic heterocycles. The molecule has 0 heterocycles. The minimum Gasteiger partial charge on any atom is -0.496 e. The Morgan fingerprint density at radius 1 is 0.857 bits per heavy atom. The molecule has 28 heavy (non-hydrogen) atoms. The van der Waals surface area contributed by atoms with Crippen molar-refractivity contribution in [2.45, 2.75) is 6.61 Å². The fourth-order valence-corrected chi connectivity index (χ4v) is 2.80. The number of ether oxygens (including phenoxy) is 3. The van der Waals surface area contributed by atoms with E-state index in [1.54, 1.807) is 38.5 Å². The average Bonchev–Trinajstić information content (AvgIpc) is 2.76. The lowest BCUT2D eigenvalue weighted by Gasteiger charge is -2.11. The van der Waals surface area contributed by atoms with Gasteiger partial charge in [-0.15, -0.1) is 0 Å². The van der Waals surface area contributed by atoms with Gasteiger partial charge in [-0.2, -0.15) is 0 Å². The number of benzene rings is 3. The molecule has 0 fully saturated rings. The van der Waals surface area contributed by atoms with Gasteiger partial charge in [0, 0.05) is 5.56 Å². The van der Waals surface area contributed by atoms with Gasteiger partial charge >= 0.3 is 0 Å². The minimum atomic E-state index is -0.115. The van der Waals surface area contributed by atoms with Crippen LogP contribution in [0.5, 0.6) is 17.2 Å². The summed E-state index contributed by atoms with van der Waals surface area (Å²) in [5.41, 5.74) is 2.32. The van der Waals surface area contributed by atoms with Crippen LogP contribution in [-0.4, -0.2) is 20.0 Å². The minimum absolute atomic E-state index is 0.115. The Morgan fingerprint density at radius 3 is 2.32 bits per heavy atom. The first-order valence-corrected chi connectivity index (χ1v) is 8.91. The third kappa shape index (κ3) is 4.80. The highest BCUT2D eigenvalue weighted by atomic mass is 16.5. The molecule has 0 saturated carbocycles. The molecule has 3 aromatic rings. The molecule has 0 atom stereocenters. The number of rotatable bonds is 8. The monoisotopic (exact) mass is 374 g/mol. The maximum atomic E-state index is 12.5. The number of methoxy groups -OCH3 is 2. The molecule has 3 rings (SSSR count). The van der Waals surface area contributed by atoms with Gasteiger partial charge in [0.2, 0.25) is 0 Å². The van der Waals surface area contributed by atoms with Crippen LogP contribution >= 0.6 is 0 Å². The van der Waals surface area contributed by atoms with Gasteiger partial charge in [0.05, 0.1) is 19.8 Å². The normalized spacial score (nSPS) is 10.6. The zero-order valence-corrected chi connectivity index (χ0v) is 15.9. The van der Waals surface area contributed by atoms with E-state index in [4.69, 9.17) is 14.2 Å². The fraction of sp³-hybridized carbons (Fsp3) is 0.125. The lowest BCUT2D eigenvalue weighted by atomic mass is 10.1. The molecule has 0 aliphatic carbocycles. The summed E-state index contributed by atoms with van der Waals surface area (Å²) in [4.78, 5) is 12.5. The van der Waals surface area contributed by atoms with Gasteiger partial charge in [0.25, 0.3) is 0 Å². The van der Waals surface area contributed by atoms with E-state index in [1.807, 2.05) is 60.7 Å². The van der Waals surface area contributed by atoms with Crippen LogP contribution in [0.25, 0.3) is 6.08 Å². The predicted molar refractivity (Wildman–Crippen MR) is 110 cm³/mol. The summed E-state index contributed by atoms with van der Waals surface area (Å²) < 4.78 is 16.5. The van der Waals surface area contributed by atoms with Gasteiger partial charge in [-0.1, -0.05) is 42.5 Å². The number of carbonyl (C=O) groups is 1. The first-order chi connectivity index (χ1) is 13.7. The predicted octanol–water partition coefficient (Wildman–Crippen LogP) is 5.18. The summed E-state index contributed by atoms with van der Waals surface area (Å²) in [6.45, 7) is 0.370. The van der Waals surface area contributed by atoms with Crippen LogP contribution in [0.3, 0.4) is 0 Å². The highest BCUT2D eigenvalue weighted by molar-refractivity contribution is 6.08. The first kappa shape index (κ1) is 19.2. The molecule has 142 valence electrons. The van der Waals surface area contributed by atoms with Crippen molar-refractivity contribution in [2.75, 3.05) is 14.2 Å². The van der Waals surface area contributed by atoms with Crippen molar-refractivity contribution in [3.63, 3.8) is 0 Å². The van der Waals surface area contributed by atoms with Crippen LogP contribution in [0.2, 0.25) is 0 Å². The molecule has 0 saturated heterocycles. The largest absolute Gasteiger partial charge is 0.496 e. The summed E-state index contributed by atoms with van der Waals surface area (Å²) in [6.07, 6.45) is 3.32. The van der Waals surface area contributed by atoms with Gasteiger partial charge in [-0.3, -0.25) is 4.79 Å².